The fraction of sp³-hybridized carbons (Fsp3) is 0.417. The van der Waals surface area contributed by atoms with E-state index < -0.39 is 11.5 Å². The maximum absolute atomic E-state index is 12.9. The predicted octanol–water partition coefficient (Wildman–Crippen LogP) is 1.12. The molecule has 0 saturated carbocycles. The second-order valence-electron chi connectivity index (χ2n) is 4.05. The third kappa shape index (κ3) is 2.30. The van der Waals surface area contributed by atoms with Crippen molar-refractivity contribution in [3.63, 3.8) is 0 Å². The Hall–Kier alpha value is -1.46. The van der Waals surface area contributed by atoms with E-state index in [0.717, 1.165) is 6.42 Å². The van der Waals surface area contributed by atoms with E-state index in [-0.39, 0.29) is 12.4 Å². The van der Waals surface area contributed by atoms with Gasteiger partial charge in [-0.05, 0) is 30.7 Å². The molecule has 1 aliphatic heterocycles. The predicted molar refractivity (Wildman–Crippen MR) is 59.2 cm³/mol. The molecular formula is C12H14FNO3. The molecule has 0 spiro atoms. The maximum atomic E-state index is 12.9. The summed E-state index contributed by atoms with van der Waals surface area (Å²) in [6, 6.07) is 5.47. The van der Waals surface area contributed by atoms with Crippen LogP contribution in [-0.4, -0.2) is 30.8 Å². The van der Waals surface area contributed by atoms with Gasteiger partial charge in [0.1, 0.15) is 5.82 Å². The third-order valence-corrected chi connectivity index (χ3v) is 2.91. The van der Waals surface area contributed by atoms with Crippen LogP contribution >= 0.6 is 0 Å². The van der Waals surface area contributed by atoms with Gasteiger partial charge in [-0.15, -0.1) is 0 Å². The van der Waals surface area contributed by atoms with Gasteiger partial charge in [0.2, 0.25) is 0 Å². The van der Waals surface area contributed by atoms with Gasteiger partial charge in [-0.3, -0.25) is 5.32 Å². The molecule has 1 aliphatic rings. The van der Waals surface area contributed by atoms with E-state index in [0.29, 0.717) is 18.7 Å². The molecule has 1 aromatic carbocycles. The number of nitrogens with one attached hydrogen (secondary N) is 1. The molecule has 0 aromatic heterocycles. The lowest BCUT2D eigenvalue weighted by Gasteiger charge is -2.28. The molecule has 1 saturated heterocycles. The number of rotatable bonds is 2. The molecule has 4 nitrogen and oxygen atoms in total. The zero-order valence-corrected chi connectivity index (χ0v) is 9.28. The fourth-order valence-electron chi connectivity index (χ4n) is 1.93. The molecule has 5 heteroatoms. The Bertz CT molecular complexity index is 397. The van der Waals surface area contributed by atoms with Crippen LogP contribution in [0.25, 0.3) is 0 Å². The van der Waals surface area contributed by atoms with Crippen LogP contribution in [0.4, 0.5) is 4.39 Å². The molecule has 1 fully saturated rings. The Morgan fingerprint density at radius 2 is 2.12 bits per heavy atom. The number of carbonyl (C=O) groups is 1. The molecule has 1 atom stereocenters. The molecule has 0 aliphatic carbocycles. The van der Waals surface area contributed by atoms with E-state index in [2.05, 4.69) is 5.32 Å². The summed E-state index contributed by atoms with van der Waals surface area (Å²) in [5, 5.41) is 12.4. The maximum Gasteiger partial charge on any atom is 0.331 e. The molecular weight excluding hydrogens is 225 g/mol. The number of ether oxygens (including phenoxy) is 1. The average molecular weight is 239 g/mol. The number of carboxylic acid groups (broad SMARTS) is 1. The van der Waals surface area contributed by atoms with E-state index in [1.165, 1.54) is 24.3 Å². The van der Waals surface area contributed by atoms with E-state index in [1.54, 1.807) is 0 Å². The van der Waals surface area contributed by atoms with E-state index in [1.807, 2.05) is 0 Å². The van der Waals surface area contributed by atoms with Gasteiger partial charge in [0, 0.05) is 6.61 Å². The SMILES string of the molecule is O=C(O)C1(c2ccc(F)cc2)COCCCN1. The van der Waals surface area contributed by atoms with Gasteiger partial charge in [0.25, 0.3) is 0 Å². The van der Waals surface area contributed by atoms with Crippen LogP contribution in [0.3, 0.4) is 0 Å². The number of benzene rings is 1. The Labute approximate surface area is 98.4 Å². The van der Waals surface area contributed by atoms with Crippen molar-refractivity contribution in [1.82, 2.24) is 5.32 Å². The summed E-state index contributed by atoms with van der Waals surface area (Å²) in [6.45, 7) is 1.14. The van der Waals surface area contributed by atoms with Crippen LogP contribution in [0.5, 0.6) is 0 Å². The zero-order chi connectivity index (χ0) is 12.3. The number of halogens is 1. The zero-order valence-electron chi connectivity index (χ0n) is 9.28. The summed E-state index contributed by atoms with van der Waals surface area (Å²) in [7, 11) is 0. The highest BCUT2D eigenvalue weighted by Gasteiger charge is 2.41. The van der Waals surface area contributed by atoms with Crippen LogP contribution in [0.2, 0.25) is 0 Å². The van der Waals surface area contributed by atoms with Crippen LogP contribution in [0.15, 0.2) is 24.3 Å². The van der Waals surface area contributed by atoms with Crippen LogP contribution in [0.1, 0.15) is 12.0 Å². The summed E-state index contributed by atoms with van der Waals surface area (Å²) in [4.78, 5) is 11.5. The van der Waals surface area contributed by atoms with E-state index in [4.69, 9.17) is 4.74 Å². The Morgan fingerprint density at radius 1 is 1.41 bits per heavy atom. The smallest absolute Gasteiger partial charge is 0.331 e. The van der Waals surface area contributed by atoms with Crippen molar-refractivity contribution in [3.05, 3.63) is 35.6 Å². The van der Waals surface area contributed by atoms with E-state index in [9.17, 15) is 14.3 Å². The summed E-state index contributed by atoms with van der Waals surface area (Å²) in [5.74, 6) is -1.39. The van der Waals surface area contributed by atoms with Gasteiger partial charge in [-0.1, -0.05) is 12.1 Å². The summed E-state index contributed by atoms with van der Waals surface area (Å²) in [5.41, 5.74) is -0.766. The van der Waals surface area contributed by atoms with Gasteiger partial charge in [0.05, 0.1) is 6.61 Å². The molecule has 2 N–H and O–H groups in total. The highest BCUT2D eigenvalue weighted by atomic mass is 19.1. The number of aliphatic carboxylic acids is 1. The lowest BCUT2D eigenvalue weighted by molar-refractivity contribution is -0.147. The van der Waals surface area contributed by atoms with Crippen LogP contribution < -0.4 is 5.32 Å². The van der Waals surface area contributed by atoms with Crippen molar-refractivity contribution >= 4 is 5.97 Å². The third-order valence-electron chi connectivity index (χ3n) is 2.91. The first-order valence-corrected chi connectivity index (χ1v) is 5.47. The molecule has 0 bridgehead atoms. The van der Waals surface area contributed by atoms with Crippen molar-refractivity contribution in [3.8, 4) is 0 Å². The number of hydrogen-bond donors (Lipinski definition) is 2. The summed E-state index contributed by atoms with van der Waals surface area (Å²) >= 11 is 0. The summed E-state index contributed by atoms with van der Waals surface area (Å²) in [6.07, 6.45) is 0.760. The highest BCUT2D eigenvalue weighted by molar-refractivity contribution is 5.81. The Kier molecular flexibility index (Phi) is 3.40. The van der Waals surface area contributed by atoms with E-state index >= 15 is 0 Å². The monoisotopic (exact) mass is 239 g/mol. The first-order valence-electron chi connectivity index (χ1n) is 5.47. The van der Waals surface area contributed by atoms with Crippen molar-refractivity contribution in [2.75, 3.05) is 19.8 Å². The largest absolute Gasteiger partial charge is 0.480 e. The minimum absolute atomic E-state index is 0.0496. The highest BCUT2D eigenvalue weighted by Crippen LogP contribution is 2.24. The molecule has 1 aromatic rings. The van der Waals surface area contributed by atoms with Crippen molar-refractivity contribution in [2.45, 2.75) is 12.0 Å². The average Bonchev–Trinajstić information content (AvgIpc) is 2.56. The minimum Gasteiger partial charge on any atom is -0.480 e. The van der Waals surface area contributed by atoms with Gasteiger partial charge in [-0.25, -0.2) is 9.18 Å². The summed E-state index contributed by atoms with van der Waals surface area (Å²) < 4.78 is 18.2. The van der Waals surface area contributed by atoms with Gasteiger partial charge < -0.3 is 9.84 Å². The molecule has 17 heavy (non-hydrogen) atoms. The Balaban J connectivity index is 2.39. The van der Waals surface area contributed by atoms with Crippen molar-refractivity contribution in [1.29, 1.82) is 0 Å². The molecule has 1 unspecified atom stereocenters. The molecule has 2 rings (SSSR count). The topological polar surface area (TPSA) is 58.6 Å². The van der Waals surface area contributed by atoms with Gasteiger partial charge in [0.15, 0.2) is 5.54 Å². The lowest BCUT2D eigenvalue weighted by Crippen LogP contribution is -2.51. The molecule has 92 valence electrons. The second-order valence-corrected chi connectivity index (χ2v) is 4.05. The molecule has 1 heterocycles. The number of hydrogen-bond acceptors (Lipinski definition) is 3. The second kappa shape index (κ2) is 4.81. The first kappa shape index (κ1) is 12.0. The van der Waals surface area contributed by atoms with Gasteiger partial charge in [-0.2, -0.15) is 0 Å². The van der Waals surface area contributed by atoms with Crippen molar-refractivity contribution < 1.29 is 19.0 Å². The van der Waals surface area contributed by atoms with Crippen LogP contribution in [0, 0.1) is 5.82 Å². The minimum atomic E-state index is -1.27. The van der Waals surface area contributed by atoms with Crippen LogP contribution in [-0.2, 0) is 15.1 Å². The quantitative estimate of drug-likeness (QED) is 0.811. The van der Waals surface area contributed by atoms with Gasteiger partial charge >= 0.3 is 5.97 Å². The lowest BCUT2D eigenvalue weighted by atomic mass is 9.90. The molecule has 0 amide bonds. The molecule has 0 radical (unpaired) electrons. The first-order chi connectivity index (χ1) is 8.15. The van der Waals surface area contributed by atoms with Crippen molar-refractivity contribution in [2.24, 2.45) is 0 Å². The fourth-order valence-corrected chi connectivity index (χ4v) is 1.93. The normalized spacial score (nSPS) is 25.2. The standard InChI is InChI=1S/C12H14FNO3/c13-10-4-2-9(3-5-10)12(11(15)16)8-17-7-1-6-14-12/h2-5,14H,1,6-8H2,(H,15,16). The Morgan fingerprint density at radius 3 is 2.76 bits per heavy atom. The number of carboxylic acids is 1.